The normalized spacial score (nSPS) is 10.4. The summed E-state index contributed by atoms with van der Waals surface area (Å²) in [6.07, 6.45) is 1.69. The molecule has 0 spiro atoms. The van der Waals surface area contributed by atoms with Crippen LogP contribution in [-0.4, -0.2) is 4.98 Å². The quantitative estimate of drug-likeness (QED) is 0.740. The molecule has 2 N–H and O–H groups in total. The van der Waals surface area contributed by atoms with Crippen molar-refractivity contribution in [3.05, 3.63) is 42.6 Å². The zero-order valence-corrected chi connectivity index (χ0v) is 8.12. The van der Waals surface area contributed by atoms with Crippen molar-refractivity contribution < 1.29 is 0 Å². The van der Waals surface area contributed by atoms with Crippen molar-refractivity contribution in [1.82, 2.24) is 4.98 Å². The van der Waals surface area contributed by atoms with Gasteiger partial charge in [-0.15, -0.1) is 0 Å². The molecular weight excluding hydrogens is 172 g/mol. The third-order valence-corrected chi connectivity index (χ3v) is 2.23. The van der Waals surface area contributed by atoms with Crippen LogP contribution in [0.25, 0.3) is 16.5 Å². The Labute approximate surface area is 83.1 Å². The molecule has 2 nitrogen and oxygen atoms in total. The van der Waals surface area contributed by atoms with E-state index in [0.29, 0.717) is 5.69 Å². The van der Waals surface area contributed by atoms with E-state index in [0.717, 1.165) is 22.0 Å². The Morgan fingerprint density at radius 3 is 2.79 bits per heavy atom. The van der Waals surface area contributed by atoms with Gasteiger partial charge < -0.3 is 5.73 Å². The lowest BCUT2D eigenvalue weighted by atomic mass is 10.0. The average molecular weight is 184 g/mol. The van der Waals surface area contributed by atoms with E-state index in [1.54, 1.807) is 6.20 Å². The molecular formula is C12H12N2. The van der Waals surface area contributed by atoms with E-state index in [4.69, 9.17) is 5.73 Å². The summed E-state index contributed by atoms with van der Waals surface area (Å²) in [5, 5.41) is 1.07. The van der Waals surface area contributed by atoms with Crippen molar-refractivity contribution >= 4 is 22.2 Å². The summed E-state index contributed by atoms with van der Waals surface area (Å²) in [5.74, 6) is 0. The number of nitrogens with two attached hydrogens (primary N) is 1. The lowest BCUT2D eigenvalue weighted by molar-refractivity contribution is 1.40. The van der Waals surface area contributed by atoms with Gasteiger partial charge in [0.1, 0.15) is 0 Å². The summed E-state index contributed by atoms with van der Waals surface area (Å²) < 4.78 is 0. The first-order valence-corrected chi connectivity index (χ1v) is 4.49. The van der Waals surface area contributed by atoms with Gasteiger partial charge in [0.2, 0.25) is 0 Å². The number of nitrogens with zero attached hydrogens (tertiary/aromatic N) is 1. The van der Waals surface area contributed by atoms with Crippen LogP contribution in [0.15, 0.2) is 37.0 Å². The Hall–Kier alpha value is -1.83. The first kappa shape index (κ1) is 8.75. The van der Waals surface area contributed by atoms with E-state index in [9.17, 15) is 0 Å². The second-order valence-electron chi connectivity index (χ2n) is 3.39. The van der Waals surface area contributed by atoms with E-state index in [1.807, 2.05) is 31.2 Å². The Morgan fingerprint density at radius 1 is 1.36 bits per heavy atom. The van der Waals surface area contributed by atoms with Crippen LogP contribution in [0.1, 0.15) is 12.5 Å². The lowest BCUT2D eigenvalue weighted by Gasteiger charge is -2.08. The predicted octanol–water partition coefficient (Wildman–Crippen LogP) is 2.85. The number of allylic oxidation sites excluding steroid dienone is 1. The fourth-order valence-corrected chi connectivity index (χ4v) is 1.63. The van der Waals surface area contributed by atoms with Crippen LogP contribution in [0.4, 0.5) is 5.69 Å². The number of benzene rings is 1. The van der Waals surface area contributed by atoms with Gasteiger partial charge in [-0.1, -0.05) is 24.8 Å². The van der Waals surface area contributed by atoms with E-state index in [2.05, 4.69) is 11.6 Å². The van der Waals surface area contributed by atoms with Gasteiger partial charge in [-0.2, -0.15) is 0 Å². The van der Waals surface area contributed by atoms with Crippen LogP contribution >= 0.6 is 0 Å². The highest BCUT2D eigenvalue weighted by molar-refractivity contribution is 5.95. The number of pyridine rings is 1. The molecule has 1 heterocycles. The standard InChI is InChI=1S/C12H12N2/c1-8(2)12-9-5-3-4-6-11(9)14-7-10(12)13/h3-7H,1,13H2,2H3. The maximum atomic E-state index is 5.86. The summed E-state index contributed by atoms with van der Waals surface area (Å²) in [6, 6.07) is 7.94. The van der Waals surface area contributed by atoms with Crippen molar-refractivity contribution in [1.29, 1.82) is 0 Å². The summed E-state index contributed by atoms with van der Waals surface area (Å²) in [7, 11) is 0. The number of rotatable bonds is 1. The molecule has 2 rings (SSSR count). The molecule has 14 heavy (non-hydrogen) atoms. The zero-order chi connectivity index (χ0) is 10.1. The molecule has 0 bridgehead atoms. The summed E-state index contributed by atoms with van der Waals surface area (Å²) >= 11 is 0. The molecule has 0 unspecified atom stereocenters. The molecule has 0 saturated heterocycles. The van der Waals surface area contributed by atoms with Gasteiger partial charge in [0, 0.05) is 10.9 Å². The van der Waals surface area contributed by atoms with Gasteiger partial charge in [0.25, 0.3) is 0 Å². The summed E-state index contributed by atoms with van der Waals surface area (Å²) in [5.41, 5.74) is 9.50. The van der Waals surface area contributed by atoms with Crippen molar-refractivity contribution in [2.45, 2.75) is 6.92 Å². The van der Waals surface area contributed by atoms with E-state index >= 15 is 0 Å². The van der Waals surface area contributed by atoms with Gasteiger partial charge in [-0.3, -0.25) is 4.98 Å². The van der Waals surface area contributed by atoms with Gasteiger partial charge in [-0.25, -0.2) is 0 Å². The fourth-order valence-electron chi connectivity index (χ4n) is 1.63. The number of fused-ring (bicyclic) bond motifs is 1. The molecule has 1 aromatic heterocycles. The molecule has 0 fully saturated rings. The Kier molecular flexibility index (Phi) is 1.97. The van der Waals surface area contributed by atoms with E-state index in [-0.39, 0.29) is 0 Å². The van der Waals surface area contributed by atoms with Gasteiger partial charge in [-0.05, 0) is 18.6 Å². The first-order chi connectivity index (χ1) is 6.70. The van der Waals surface area contributed by atoms with Gasteiger partial charge in [0.15, 0.2) is 0 Å². The molecule has 2 aromatic rings. The van der Waals surface area contributed by atoms with Gasteiger partial charge >= 0.3 is 0 Å². The molecule has 0 atom stereocenters. The van der Waals surface area contributed by atoms with E-state index < -0.39 is 0 Å². The zero-order valence-electron chi connectivity index (χ0n) is 8.12. The predicted molar refractivity (Wildman–Crippen MR) is 60.9 cm³/mol. The van der Waals surface area contributed by atoms with Crippen LogP contribution in [0.2, 0.25) is 0 Å². The highest BCUT2D eigenvalue weighted by Crippen LogP contribution is 2.27. The molecule has 1 aromatic carbocycles. The second-order valence-corrected chi connectivity index (χ2v) is 3.39. The summed E-state index contributed by atoms with van der Waals surface area (Å²) in [6.45, 7) is 5.89. The molecule has 0 aliphatic heterocycles. The smallest absolute Gasteiger partial charge is 0.0709 e. The van der Waals surface area contributed by atoms with Crippen LogP contribution in [0.3, 0.4) is 0 Å². The minimum absolute atomic E-state index is 0.691. The largest absolute Gasteiger partial charge is 0.397 e. The maximum Gasteiger partial charge on any atom is 0.0709 e. The second kappa shape index (κ2) is 3.14. The number of nitrogen functional groups attached to an aromatic ring is 1. The number of para-hydroxylation sites is 1. The topological polar surface area (TPSA) is 38.9 Å². The molecule has 70 valence electrons. The van der Waals surface area contributed by atoms with Crippen LogP contribution in [0.5, 0.6) is 0 Å². The SMILES string of the molecule is C=C(C)c1c(N)cnc2ccccc12. The summed E-state index contributed by atoms with van der Waals surface area (Å²) in [4.78, 5) is 4.26. The Balaban J connectivity index is 2.90. The Morgan fingerprint density at radius 2 is 2.07 bits per heavy atom. The number of hydrogen-bond donors (Lipinski definition) is 1. The molecule has 0 radical (unpaired) electrons. The molecule has 0 saturated carbocycles. The van der Waals surface area contributed by atoms with Crippen molar-refractivity contribution in [3.8, 4) is 0 Å². The van der Waals surface area contributed by atoms with Crippen LogP contribution in [0, 0.1) is 0 Å². The monoisotopic (exact) mass is 184 g/mol. The molecule has 0 aliphatic rings. The first-order valence-electron chi connectivity index (χ1n) is 4.49. The Bertz CT molecular complexity index is 501. The lowest BCUT2D eigenvalue weighted by Crippen LogP contribution is -1.94. The van der Waals surface area contributed by atoms with Crippen molar-refractivity contribution in [3.63, 3.8) is 0 Å². The molecule has 0 amide bonds. The fraction of sp³-hybridized carbons (Fsp3) is 0.0833. The minimum Gasteiger partial charge on any atom is -0.397 e. The maximum absolute atomic E-state index is 5.86. The van der Waals surface area contributed by atoms with Crippen LogP contribution < -0.4 is 5.73 Å². The third-order valence-electron chi connectivity index (χ3n) is 2.23. The van der Waals surface area contributed by atoms with Crippen molar-refractivity contribution in [2.75, 3.05) is 5.73 Å². The number of aromatic nitrogens is 1. The van der Waals surface area contributed by atoms with Crippen LogP contribution in [-0.2, 0) is 0 Å². The average Bonchev–Trinajstić information content (AvgIpc) is 2.17. The van der Waals surface area contributed by atoms with Crippen molar-refractivity contribution in [2.24, 2.45) is 0 Å². The number of anilines is 1. The highest BCUT2D eigenvalue weighted by atomic mass is 14.7. The van der Waals surface area contributed by atoms with E-state index in [1.165, 1.54) is 0 Å². The third kappa shape index (κ3) is 1.25. The minimum atomic E-state index is 0.691. The number of hydrogen-bond acceptors (Lipinski definition) is 2. The molecule has 0 aliphatic carbocycles. The van der Waals surface area contributed by atoms with Gasteiger partial charge in [0.05, 0.1) is 17.4 Å². The molecule has 2 heteroatoms. The highest BCUT2D eigenvalue weighted by Gasteiger charge is 2.05.